The molecule has 2 N–H and O–H groups in total. The molecular weight excluding hydrogens is 330 g/mol. The molecule has 3 aliphatic rings. The van der Waals surface area contributed by atoms with Gasteiger partial charge in [0.05, 0.1) is 11.3 Å². The number of nitrogens with zero attached hydrogens (tertiary/aromatic N) is 2. The fourth-order valence-electron chi connectivity index (χ4n) is 4.47. The highest BCUT2D eigenvalue weighted by atomic mass is 16.2. The molecule has 1 atom stereocenters. The Labute approximate surface area is 153 Å². The molecule has 138 valence electrons. The summed E-state index contributed by atoms with van der Waals surface area (Å²) in [5.41, 5.74) is 6.14. The number of benzene rings is 1. The van der Waals surface area contributed by atoms with Gasteiger partial charge in [0, 0.05) is 32.1 Å². The lowest BCUT2D eigenvalue weighted by Crippen LogP contribution is -2.49. The third-order valence-corrected chi connectivity index (χ3v) is 6.24. The first-order chi connectivity index (χ1) is 12.5. The normalized spacial score (nSPS) is 25.4. The van der Waals surface area contributed by atoms with Crippen LogP contribution in [0.15, 0.2) is 30.3 Å². The van der Waals surface area contributed by atoms with Gasteiger partial charge in [0.15, 0.2) is 0 Å². The van der Waals surface area contributed by atoms with Crippen LogP contribution >= 0.6 is 0 Å². The van der Waals surface area contributed by atoms with Gasteiger partial charge < -0.3 is 15.5 Å². The summed E-state index contributed by atoms with van der Waals surface area (Å²) in [6, 6.07) is 10.2. The summed E-state index contributed by atoms with van der Waals surface area (Å²) in [6.07, 6.45) is 3.61. The van der Waals surface area contributed by atoms with E-state index in [9.17, 15) is 14.4 Å². The minimum atomic E-state index is -0.396. The largest absolute Gasteiger partial charge is 0.369 e. The fourth-order valence-corrected chi connectivity index (χ4v) is 4.47. The number of primary amides is 1. The van der Waals surface area contributed by atoms with E-state index in [-0.39, 0.29) is 35.6 Å². The number of amides is 3. The van der Waals surface area contributed by atoms with Gasteiger partial charge >= 0.3 is 0 Å². The topological polar surface area (TPSA) is 83.7 Å². The Balaban J connectivity index is 1.38. The minimum absolute atomic E-state index is 0.0153. The molecule has 0 aromatic heterocycles. The van der Waals surface area contributed by atoms with E-state index in [1.54, 1.807) is 4.90 Å². The molecule has 6 nitrogen and oxygen atoms in total. The highest BCUT2D eigenvalue weighted by Crippen LogP contribution is 2.49. The summed E-state index contributed by atoms with van der Waals surface area (Å²) in [4.78, 5) is 40.4. The number of hydrogen-bond acceptors (Lipinski definition) is 3. The van der Waals surface area contributed by atoms with E-state index in [2.05, 4.69) is 0 Å². The first kappa shape index (κ1) is 17.1. The summed E-state index contributed by atoms with van der Waals surface area (Å²) in [5, 5.41) is 0. The summed E-state index contributed by atoms with van der Waals surface area (Å²) >= 11 is 0. The van der Waals surface area contributed by atoms with Crippen LogP contribution in [0, 0.1) is 5.92 Å². The molecule has 1 aromatic carbocycles. The molecule has 3 fully saturated rings. The quantitative estimate of drug-likeness (QED) is 0.876. The van der Waals surface area contributed by atoms with Crippen molar-refractivity contribution in [3.05, 3.63) is 35.9 Å². The molecule has 1 saturated carbocycles. The zero-order valence-electron chi connectivity index (χ0n) is 14.9. The molecule has 2 heterocycles. The van der Waals surface area contributed by atoms with E-state index in [1.807, 2.05) is 35.2 Å². The van der Waals surface area contributed by atoms with E-state index in [0.717, 1.165) is 31.2 Å². The lowest BCUT2D eigenvalue weighted by Gasteiger charge is -2.38. The lowest BCUT2D eigenvalue weighted by atomic mass is 9.92. The molecule has 0 radical (unpaired) electrons. The Morgan fingerprint density at radius 1 is 1.08 bits per heavy atom. The average molecular weight is 355 g/mol. The summed E-state index contributed by atoms with van der Waals surface area (Å²) in [5.74, 6) is -0.520. The van der Waals surface area contributed by atoms with Crippen LogP contribution in [0.2, 0.25) is 0 Å². The smallest absolute Gasteiger partial charge is 0.233 e. The van der Waals surface area contributed by atoms with Gasteiger partial charge in [0.1, 0.15) is 0 Å². The first-order valence-electron chi connectivity index (χ1n) is 9.45. The first-order valence-corrected chi connectivity index (χ1v) is 9.45. The van der Waals surface area contributed by atoms with Gasteiger partial charge in [-0.15, -0.1) is 0 Å². The van der Waals surface area contributed by atoms with Crippen LogP contribution in [0.5, 0.6) is 0 Å². The van der Waals surface area contributed by atoms with Gasteiger partial charge in [-0.2, -0.15) is 0 Å². The predicted octanol–water partition coefficient (Wildman–Crippen LogP) is 1.04. The van der Waals surface area contributed by atoms with Crippen LogP contribution < -0.4 is 5.73 Å². The maximum atomic E-state index is 13.1. The average Bonchev–Trinajstić information content (AvgIpc) is 3.38. The van der Waals surface area contributed by atoms with Gasteiger partial charge in [-0.25, -0.2) is 0 Å². The van der Waals surface area contributed by atoms with Gasteiger partial charge in [-0.3, -0.25) is 14.4 Å². The molecule has 1 unspecified atom stereocenters. The second-order valence-electron chi connectivity index (χ2n) is 7.82. The van der Waals surface area contributed by atoms with Crippen LogP contribution in [-0.2, 0) is 19.8 Å². The monoisotopic (exact) mass is 355 g/mol. The van der Waals surface area contributed by atoms with Gasteiger partial charge in [-0.1, -0.05) is 30.3 Å². The molecule has 26 heavy (non-hydrogen) atoms. The second kappa shape index (κ2) is 6.41. The number of carbonyl (C=O) groups excluding carboxylic acids is 3. The van der Waals surface area contributed by atoms with Crippen molar-refractivity contribution in [3.63, 3.8) is 0 Å². The maximum Gasteiger partial charge on any atom is 0.233 e. The number of piperidine rings is 1. The SMILES string of the molecule is NC(=O)C1CC(=O)N(C2CCN(C(=O)C3(c4ccccc4)CC3)CC2)C1. The van der Waals surface area contributed by atoms with Crippen molar-refractivity contribution in [3.8, 4) is 0 Å². The number of carbonyl (C=O) groups is 3. The van der Waals surface area contributed by atoms with Crippen LogP contribution in [-0.4, -0.2) is 53.2 Å². The van der Waals surface area contributed by atoms with Crippen molar-refractivity contribution >= 4 is 17.7 Å². The van der Waals surface area contributed by atoms with Gasteiger partial charge in [0.25, 0.3) is 0 Å². The Morgan fingerprint density at radius 2 is 1.73 bits per heavy atom. The van der Waals surface area contributed by atoms with Gasteiger partial charge in [-0.05, 0) is 31.2 Å². The number of nitrogens with two attached hydrogens (primary N) is 1. The van der Waals surface area contributed by atoms with Crippen molar-refractivity contribution in [2.45, 2.75) is 43.6 Å². The number of rotatable bonds is 4. The Hall–Kier alpha value is -2.37. The molecule has 4 rings (SSSR count). The van der Waals surface area contributed by atoms with Crippen LogP contribution in [0.1, 0.15) is 37.7 Å². The fraction of sp³-hybridized carbons (Fsp3) is 0.550. The summed E-state index contributed by atoms with van der Waals surface area (Å²) in [7, 11) is 0. The van der Waals surface area contributed by atoms with Crippen molar-refractivity contribution in [1.82, 2.24) is 9.80 Å². The number of hydrogen-bond donors (Lipinski definition) is 1. The van der Waals surface area contributed by atoms with Crippen molar-refractivity contribution in [1.29, 1.82) is 0 Å². The van der Waals surface area contributed by atoms with Crippen molar-refractivity contribution in [2.24, 2.45) is 11.7 Å². The van der Waals surface area contributed by atoms with E-state index in [0.29, 0.717) is 19.6 Å². The van der Waals surface area contributed by atoms with E-state index >= 15 is 0 Å². The zero-order valence-corrected chi connectivity index (χ0v) is 14.9. The molecule has 6 heteroatoms. The molecule has 1 aromatic rings. The highest BCUT2D eigenvalue weighted by Gasteiger charge is 2.53. The lowest BCUT2D eigenvalue weighted by molar-refractivity contribution is -0.136. The highest BCUT2D eigenvalue weighted by molar-refractivity contribution is 5.91. The van der Waals surface area contributed by atoms with Crippen molar-refractivity contribution < 1.29 is 14.4 Å². The molecule has 1 aliphatic carbocycles. The third kappa shape index (κ3) is 2.87. The molecule has 2 saturated heterocycles. The Bertz CT molecular complexity index is 721. The van der Waals surface area contributed by atoms with Crippen molar-refractivity contribution in [2.75, 3.05) is 19.6 Å². The second-order valence-corrected chi connectivity index (χ2v) is 7.82. The summed E-state index contributed by atoms with van der Waals surface area (Å²) < 4.78 is 0. The van der Waals surface area contributed by atoms with Gasteiger partial charge in [0.2, 0.25) is 17.7 Å². The molecular formula is C20H25N3O3. The van der Waals surface area contributed by atoms with E-state index < -0.39 is 5.91 Å². The standard InChI is InChI=1S/C20H25N3O3/c21-18(25)14-12-17(24)23(13-14)16-6-10-22(11-7-16)19(26)20(8-9-20)15-4-2-1-3-5-15/h1-5,14,16H,6-13H2,(H2,21,25). The molecule has 0 bridgehead atoms. The van der Waals surface area contributed by atoms with Crippen LogP contribution in [0.4, 0.5) is 0 Å². The Kier molecular flexibility index (Phi) is 4.21. The number of likely N-dealkylation sites (tertiary alicyclic amines) is 2. The zero-order chi connectivity index (χ0) is 18.3. The van der Waals surface area contributed by atoms with E-state index in [1.165, 1.54) is 0 Å². The molecule has 3 amide bonds. The maximum absolute atomic E-state index is 13.1. The molecule has 0 spiro atoms. The third-order valence-electron chi connectivity index (χ3n) is 6.24. The van der Waals surface area contributed by atoms with E-state index in [4.69, 9.17) is 5.73 Å². The minimum Gasteiger partial charge on any atom is -0.369 e. The molecule has 2 aliphatic heterocycles. The summed E-state index contributed by atoms with van der Waals surface area (Å²) in [6.45, 7) is 1.77. The predicted molar refractivity (Wildman–Crippen MR) is 96.0 cm³/mol. The van der Waals surface area contributed by atoms with Crippen LogP contribution in [0.3, 0.4) is 0 Å². The Morgan fingerprint density at radius 3 is 2.27 bits per heavy atom. The van der Waals surface area contributed by atoms with Crippen LogP contribution in [0.25, 0.3) is 0 Å².